The molecule has 16 heavy (non-hydrogen) atoms. The molecule has 1 heterocycles. The number of aryl methyl sites for hydroxylation is 1. The molecule has 0 atom stereocenters. The van der Waals surface area contributed by atoms with E-state index in [-0.39, 0.29) is 23.1 Å². The van der Waals surface area contributed by atoms with Crippen molar-refractivity contribution in [3.05, 3.63) is 20.7 Å². The van der Waals surface area contributed by atoms with Gasteiger partial charge < -0.3 is 0 Å². The predicted molar refractivity (Wildman–Crippen MR) is 64.9 cm³/mol. The van der Waals surface area contributed by atoms with E-state index in [0.29, 0.717) is 0 Å². The van der Waals surface area contributed by atoms with Crippen LogP contribution in [0.15, 0.2) is 10.2 Å². The van der Waals surface area contributed by atoms with Gasteiger partial charge >= 0.3 is 4.87 Å². The van der Waals surface area contributed by atoms with Crippen LogP contribution < -0.4 is 4.87 Å². The lowest BCUT2D eigenvalue weighted by atomic mass is 9.86. The van der Waals surface area contributed by atoms with E-state index in [2.05, 4.69) is 0 Å². The van der Waals surface area contributed by atoms with Gasteiger partial charge in [-0.1, -0.05) is 30.6 Å². The minimum absolute atomic E-state index is 0.0124. The maximum Gasteiger partial charge on any atom is 0.307 e. The van der Waals surface area contributed by atoms with Gasteiger partial charge in [-0.3, -0.25) is 14.2 Å². The third kappa shape index (κ3) is 2.43. The largest absolute Gasteiger partial charge is 0.307 e. The molecule has 0 saturated heterocycles. The molecule has 1 aromatic rings. The first-order valence-corrected chi connectivity index (χ1v) is 6.74. The molecule has 0 bridgehead atoms. The van der Waals surface area contributed by atoms with Gasteiger partial charge in [0.15, 0.2) is 5.78 Å². The SMILES string of the molecule is Cc1csc(=O)n1CC(=O)C1CCCCC1. The molecule has 1 saturated carbocycles. The van der Waals surface area contributed by atoms with Gasteiger partial charge in [0.2, 0.25) is 0 Å². The summed E-state index contributed by atoms with van der Waals surface area (Å²) in [6.07, 6.45) is 5.59. The highest BCUT2D eigenvalue weighted by Gasteiger charge is 2.21. The van der Waals surface area contributed by atoms with Crippen LogP contribution in [0.25, 0.3) is 0 Å². The highest BCUT2D eigenvalue weighted by atomic mass is 32.1. The van der Waals surface area contributed by atoms with Gasteiger partial charge in [0, 0.05) is 17.0 Å². The van der Waals surface area contributed by atoms with Gasteiger partial charge in [0.1, 0.15) is 0 Å². The molecule has 4 heteroatoms. The van der Waals surface area contributed by atoms with Crippen LogP contribution in [0.4, 0.5) is 0 Å². The van der Waals surface area contributed by atoms with E-state index >= 15 is 0 Å². The summed E-state index contributed by atoms with van der Waals surface area (Å²) in [5.41, 5.74) is 0.902. The molecule has 3 nitrogen and oxygen atoms in total. The van der Waals surface area contributed by atoms with Gasteiger partial charge in [-0.2, -0.15) is 0 Å². The van der Waals surface area contributed by atoms with Crippen molar-refractivity contribution in [3.63, 3.8) is 0 Å². The first-order chi connectivity index (χ1) is 7.68. The molecular weight excluding hydrogens is 222 g/mol. The number of carbonyl (C=O) groups is 1. The molecular formula is C12H17NO2S. The molecule has 0 N–H and O–H groups in total. The summed E-state index contributed by atoms with van der Waals surface area (Å²) in [6.45, 7) is 2.16. The van der Waals surface area contributed by atoms with E-state index in [1.807, 2.05) is 12.3 Å². The van der Waals surface area contributed by atoms with Gasteiger partial charge in [0.25, 0.3) is 0 Å². The lowest BCUT2D eigenvalue weighted by molar-refractivity contribution is -0.124. The Morgan fingerprint density at radius 3 is 2.69 bits per heavy atom. The minimum Gasteiger partial charge on any atom is -0.297 e. The van der Waals surface area contributed by atoms with E-state index in [1.165, 1.54) is 17.8 Å². The number of ketones is 1. The molecule has 1 fully saturated rings. The Morgan fingerprint density at radius 1 is 1.44 bits per heavy atom. The van der Waals surface area contributed by atoms with Crippen molar-refractivity contribution in [1.82, 2.24) is 4.57 Å². The van der Waals surface area contributed by atoms with Gasteiger partial charge in [-0.15, -0.1) is 0 Å². The average molecular weight is 239 g/mol. The molecule has 0 aliphatic heterocycles. The van der Waals surface area contributed by atoms with Crippen molar-refractivity contribution in [3.8, 4) is 0 Å². The second kappa shape index (κ2) is 4.95. The molecule has 2 rings (SSSR count). The van der Waals surface area contributed by atoms with Crippen molar-refractivity contribution in [1.29, 1.82) is 0 Å². The fourth-order valence-electron chi connectivity index (χ4n) is 2.31. The zero-order chi connectivity index (χ0) is 11.5. The molecule has 0 spiro atoms. The zero-order valence-electron chi connectivity index (χ0n) is 9.57. The minimum atomic E-state index is -0.0124. The van der Waals surface area contributed by atoms with Crippen LogP contribution in [0.3, 0.4) is 0 Å². The Hall–Kier alpha value is -0.900. The third-order valence-corrected chi connectivity index (χ3v) is 4.23. The Labute approximate surface area is 99.1 Å². The summed E-state index contributed by atoms with van der Waals surface area (Å²) in [6, 6.07) is 0. The molecule has 0 aromatic carbocycles. The van der Waals surface area contributed by atoms with Crippen LogP contribution in [0.1, 0.15) is 37.8 Å². The van der Waals surface area contributed by atoms with Gasteiger partial charge in [0.05, 0.1) is 6.54 Å². The fraction of sp³-hybridized carbons (Fsp3) is 0.667. The number of aromatic nitrogens is 1. The van der Waals surface area contributed by atoms with Crippen LogP contribution in [-0.4, -0.2) is 10.4 Å². The van der Waals surface area contributed by atoms with Crippen molar-refractivity contribution >= 4 is 17.1 Å². The summed E-state index contributed by atoms with van der Waals surface area (Å²) in [5.74, 6) is 0.434. The summed E-state index contributed by atoms with van der Waals surface area (Å²) in [5, 5.41) is 1.82. The lowest BCUT2D eigenvalue weighted by Crippen LogP contribution is -2.26. The molecule has 1 aliphatic rings. The average Bonchev–Trinajstić information content (AvgIpc) is 2.62. The molecule has 88 valence electrons. The summed E-state index contributed by atoms with van der Waals surface area (Å²) in [4.78, 5) is 23.5. The van der Waals surface area contributed by atoms with Crippen LogP contribution in [0.5, 0.6) is 0 Å². The number of Topliss-reactive ketones (excluding diaryl/α,β-unsaturated/α-hetero) is 1. The molecule has 0 amide bonds. The first-order valence-electron chi connectivity index (χ1n) is 5.86. The maximum atomic E-state index is 12.0. The maximum absolute atomic E-state index is 12.0. The number of rotatable bonds is 3. The lowest BCUT2D eigenvalue weighted by Gasteiger charge is -2.20. The van der Waals surface area contributed by atoms with Crippen molar-refractivity contribution in [2.75, 3.05) is 0 Å². The third-order valence-electron chi connectivity index (χ3n) is 3.35. The smallest absolute Gasteiger partial charge is 0.297 e. The van der Waals surface area contributed by atoms with Crippen LogP contribution in [0.2, 0.25) is 0 Å². The van der Waals surface area contributed by atoms with E-state index in [1.54, 1.807) is 4.57 Å². The summed E-state index contributed by atoms with van der Waals surface area (Å²) >= 11 is 1.17. The van der Waals surface area contributed by atoms with Crippen LogP contribution in [0, 0.1) is 12.8 Å². The number of carbonyl (C=O) groups excluding carboxylic acids is 1. The van der Waals surface area contributed by atoms with Crippen molar-refractivity contribution in [2.24, 2.45) is 5.92 Å². The first kappa shape index (κ1) is 11.6. The molecule has 1 aliphatic carbocycles. The highest BCUT2D eigenvalue weighted by molar-refractivity contribution is 7.07. The number of hydrogen-bond donors (Lipinski definition) is 0. The van der Waals surface area contributed by atoms with Crippen LogP contribution >= 0.6 is 11.3 Å². The Kier molecular flexibility index (Phi) is 3.59. The quantitative estimate of drug-likeness (QED) is 0.812. The second-order valence-electron chi connectivity index (χ2n) is 4.53. The fourth-order valence-corrected chi connectivity index (χ4v) is 3.04. The molecule has 0 unspecified atom stereocenters. The number of nitrogens with zero attached hydrogens (tertiary/aromatic N) is 1. The standard InChI is InChI=1S/C12H17NO2S/c1-9-8-16-12(15)13(9)7-11(14)10-5-3-2-4-6-10/h8,10H,2-7H2,1H3. The highest BCUT2D eigenvalue weighted by Crippen LogP contribution is 2.24. The second-order valence-corrected chi connectivity index (χ2v) is 5.35. The van der Waals surface area contributed by atoms with E-state index in [4.69, 9.17) is 0 Å². The van der Waals surface area contributed by atoms with Crippen LogP contribution in [-0.2, 0) is 11.3 Å². The van der Waals surface area contributed by atoms with Crippen molar-refractivity contribution in [2.45, 2.75) is 45.6 Å². The topological polar surface area (TPSA) is 39.1 Å². The van der Waals surface area contributed by atoms with E-state index in [0.717, 1.165) is 31.4 Å². The Bertz CT molecular complexity index is 426. The zero-order valence-corrected chi connectivity index (χ0v) is 10.4. The monoisotopic (exact) mass is 239 g/mol. The normalized spacial score (nSPS) is 17.6. The van der Waals surface area contributed by atoms with E-state index < -0.39 is 0 Å². The summed E-state index contributed by atoms with van der Waals surface area (Å²) in [7, 11) is 0. The summed E-state index contributed by atoms with van der Waals surface area (Å²) < 4.78 is 1.60. The Morgan fingerprint density at radius 2 is 2.12 bits per heavy atom. The van der Waals surface area contributed by atoms with E-state index in [9.17, 15) is 9.59 Å². The number of thiazole rings is 1. The van der Waals surface area contributed by atoms with Gasteiger partial charge in [-0.25, -0.2) is 0 Å². The molecule has 1 aromatic heterocycles. The predicted octanol–water partition coefficient (Wildman–Crippen LogP) is 2.37. The number of hydrogen-bond acceptors (Lipinski definition) is 3. The van der Waals surface area contributed by atoms with Gasteiger partial charge in [-0.05, 0) is 19.8 Å². The van der Waals surface area contributed by atoms with Crippen molar-refractivity contribution < 1.29 is 4.79 Å². The molecule has 0 radical (unpaired) electrons. The Balaban J connectivity index is 2.04.